The Bertz CT molecular complexity index is 1490. The Balaban J connectivity index is 1.73. The van der Waals surface area contributed by atoms with E-state index in [0.717, 1.165) is 17.9 Å². The van der Waals surface area contributed by atoms with Gasteiger partial charge in [0.15, 0.2) is 11.4 Å². The van der Waals surface area contributed by atoms with Crippen molar-refractivity contribution in [1.29, 1.82) is 5.26 Å². The summed E-state index contributed by atoms with van der Waals surface area (Å²) in [7, 11) is -4.73. The van der Waals surface area contributed by atoms with E-state index < -0.39 is 45.4 Å². The zero-order chi connectivity index (χ0) is 25.8. The molecule has 1 aliphatic carbocycles. The van der Waals surface area contributed by atoms with Crippen LogP contribution in [-0.2, 0) is 23.7 Å². The van der Waals surface area contributed by atoms with E-state index in [1.807, 2.05) is 6.07 Å². The van der Waals surface area contributed by atoms with Crippen molar-refractivity contribution in [3.63, 3.8) is 0 Å². The lowest BCUT2D eigenvalue weighted by atomic mass is 10.1. The van der Waals surface area contributed by atoms with E-state index in [4.69, 9.17) is 11.6 Å². The molecule has 16 heteroatoms. The highest BCUT2D eigenvalue weighted by Crippen LogP contribution is 2.41. The first-order valence-electron chi connectivity index (χ1n) is 9.60. The number of rotatable bonds is 6. The summed E-state index contributed by atoms with van der Waals surface area (Å²) in [4.78, 5) is 12.6. The monoisotopic (exact) mass is 532 g/mol. The molecule has 184 valence electrons. The topological polar surface area (TPSA) is 132 Å². The second-order valence-corrected chi connectivity index (χ2v) is 8.98. The zero-order valence-corrected chi connectivity index (χ0v) is 19.0. The summed E-state index contributed by atoms with van der Waals surface area (Å²) in [6.45, 7) is 0. The van der Waals surface area contributed by atoms with Crippen LogP contribution in [-0.4, -0.2) is 39.4 Å². The Morgan fingerprint density at radius 1 is 1.31 bits per heavy atom. The fourth-order valence-corrected chi connectivity index (χ4v) is 3.80. The van der Waals surface area contributed by atoms with Crippen LogP contribution in [0.5, 0.6) is 5.88 Å². The van der Waals surface area contributed by atoms with Gasteiger partial charge < -0.3 is 9.50 Å². The number of hydrogen-bond donors (Lipinski definition) is 1. The van der Waals surface area contributed by atoms with Crippen LogP contribution < -0.4 is 9.50 Å². The molecule has 0 spiro atoms. The molecular weight excluding hydrogens is 520 g/mol. The Morgan fingerprint density at radius 2 is 2.00 bits per heavy atom. The number of alkyl halides is 3. The maximum Gasteiger partial charge on any atom is 0.490 e. The molecule has 1 N–H and O–H groups in total. The number of amides is 1. The van der Waals surface area contributed by atoms with Crippen LogP contribution in [0.4, 0.5) is 17.1 Å². The summed E-state index contributed by atoms with van der Waals surface area (Å²) < 4.78 is 80.7. The van der Waals surface area contributed by atoms with Gasteiger partial charge in [-0.2, -0.15) is 31.9 Å². The van der Waals surface area contributed by atoms with Crippen LogP contribution in [0.15, 0.2) is 30.6 Å². The average molecular weight is 533 g/mol. The van der Waals surface area contributed by atoms with Gasteiger partial charge in [-0.05, 0) is 30.5 Å². The molecule has 2 aromatic heterocycles. The average Bonchev–Trinajstić information content (AvgIpc) is 3.19. The van der Waals surface area contributed by atoms with Gasteiger partial charge in [0.25, 0.3) is 11.8 Å². The van der Waals surface area contributed by atoms with E-state index >= 15 is 0 Å². The molecule has 0 unspecified atom stereocenters. The van der Waals surface area contributed by atoms with E-state index in [-0.39, 0.29) is 16.1 Å². The summed E-state index contributed by atoms with van der Waals surface area (Å²) in [6, 6.07) is 6.30. The molecule has 0 saturated heterocycles. The maximum absolute atomic E-state index is 13.7. The van der Waals surface area contributed by atoms with Gasteiger partial charge in [0, 0.05) is 18.8 Å². The molecule has 4 rings (SSSR count). The maximum atomic E-state index is 13.7. The first-order valence-corrected chi connectivity index (χ1v) is 11.3. The molecule has 1 aromatic carbocycles. The fourth-order valence-electron chi connectivity index (χ4n) is 3.30. The molecule has 35 heavy (non-hydrogen) atoms. The second kappa shape index (κ2) is 8.24. The van der Waals surface area contributed by atoms with Gasteiger partial charge in [-0.1, -0.05) is 21.6 Å². The highest BCUT2D eigenvalue weighted by Gasteiger charge is 2.45. The van der Waals surface area contributed by atoms with Crippen molar-refractivity contribution in [2.75, 3.05) is 0 Å². The predicted octanol–water partition coefficient (Wildman–Crippen LogP) is 3.32. The normalized spacial score (nSPS) is 14.9. The third-order valence-electron chi connectivity index (χ3n) is 5.11. The number of aryl methyl sites for hydroxylation is 1. The van der Waals surface area contributed by atoms with Crippen molar-refractivity contribution >= 4 is 28.0 Å². The minimum absolute atomic E-state index is 0.0406. The van der Waals surface area contributed by atoms with Crippen LogP contribution in [0.3, 0.4) is 0 Å². The number of nitrogens with zero attached hydrogens (tertiary/aromatic N) is 5. The lowest BCUT2D eigenvalue weighted by Crippen LogP contribution is -2.35. The Morgan fingerprint density at radius 3 is 2.57 bits per heavy atom. The molecule has 0 aliphatic heterocycles. The van der Waals surface area contributed by atoms with Crippen molar-refractivity contribution in [2.45, 2.75) is 24.6 Å². The van der Waals surface area contributed by atoms with E-state index in [2.05, 4.69) is 19.7 Å². The molecule has 1 aliphatic rings. The number of nitrogens with one attached hydrogen (secondary N) is 1. The number of halogens is 5. The van der Waals surface area contributed by atoms with Crippen LogP contribution >= 0.6 is 11.6 Å². The van der Waals surface area contributed by atoms with Gasteiger partial charge in [-0.3, -0.25) is 4.79 Å². The van der Waals surface area contributed by atoms with Crippen molar-refractivity contribution in [1.82, 2.24) is 24.9 Å². The number of hydrogen-bond acceptors (Lipinski definition) is 7. The van der Waals surface area contributed by atoms with E-state index in [1.165, 1.54) is 24.4 Å². The Hall–Kier alpha value is -3.64. The van der Waals surface area contributed by atoms with Crippen LogP contribution in [0.2, 0.25) is 5.02 Å². The molecule has 2 heterocycles. The molecule has 1 fully saturated rings. The van der Waals surface area contributed by atoms with E-state index in [1.54, 1.807) is 0 Å². The summed E-state index contributed by atoms with van der Waals surface area (Å²) in [6.07, 6.45) is -1.84. The number of benzene rings is 1. The molecule has 0 radical (unpaired) electrons. The minimum atomic E-state index is -5.79. The number of nitriles is 1. The summed E-state index contributed by atoms with van der Waals surface area (Å²) in [5, 5.41) is 19.0. The summed E-state index contributed by atoms with van der Waals surface area (Å²) >= 11 is 6.12. The third kappa shape index (κ3) is 4.93. The largest absolute Gasteiger partial charge is 0.490 e. The van der Waals surface area contributed by atoms with Gasteiger partial charge in [-0.25, -0.2) is 9.36 Å². The lowest BCUT2D eigenvalue weighted by Gasteiger charge is -2.11. The van der Waals surface area contributed by atoms with Crippen molar-refractivity contribution in [2.24, 2.45) is 7.05 Å². The van der Waals surface area contributed by atoms with Gasteiger partial charge in [-0.15, -0.1) is 5.10 Å². The zero-order valence-electron chi connectivity index (χ0n) is 17.5. The highest BCUT2D eigenvalue weighted by atomic mass is 35.5. The molecule has 3 aromatic rings. The van der Waals surface area contributed by atoms with Crippen LogP contribution in [0, 0.1) is 11.3 Å². The van der Waals surface area contributed by atoms with Crippen molar-refractivity contribution in [3.8, 4) is 28.9 Å². The summed E-state index contributed by atoms with van der Waals surface area (Å²) in [5.74, 6) is -2.85. The first-order chi connectivity index (χ1) is 16.2. The van der Waals surface area contributed by atoms with Crippen LogP contribution in [0.25, 0.3) is 16.9 Å². The molecule has 0 atom stereocenters. The van der Waals surface area contributed by atoms with Gasteiger partial charge >= 0.3 is 16.7 Å². The predicted molar refractivity (Wildman–Crippen MR) is 111 cm³/mol. The standard InChI is InChI=1S/C19H13ClF4N6O4S/c1-29-17(14(19(21,22)23)16(28-29)34-35(24,32)33)30-8-11(7-26-30)10-2-3-13(20)12(6-10)15(31)27-18(9-25)4-5-18/h2-3,6-8H,4-5H2,1H3,(H,27,31). The van der Waals surface area contributed by atoms with Gasteiger partial charge in [0.2, 0.25) is 0 Å². The van der Waals surface area contributed by atoms with Gasteiger partial charge in [0.1, 0.15) is 5.54 Å². The molecule has 10 nitrogen and oxygen atoms in total. The number of carbonyl (C=O) groups excluding carboxylic acids is 1. The van der Waals surface area contributed by atoms with E-state index in [9.17, 15) is 35.5 Å². The number of aromatic nitrogens is 4. The summed E-state index contributed by atoms with van der Waals surface area (Å²) in [5.41, 5.74) is -1.96. The fraction of sp³-hybridized carbons (Fsp3) is 0.263. The highest BCUT2D eigenvalue weighted by molar-refractivity contribution is 7.81. The van der Waals surface area contributed by atoms with Crippen molar-refractivity contribution in [3.05, 3.63) is 46.7 Å². The van der Waals surface area contributed by atoms with E-state index in [0.29, 0.717) is 23.1 Å². The first kappa shape index (κ1) is 24.5. The van der Waals surface area contributed by atoms with Crippen molar-refractivity contribution < 1.29 is 34.5 Å². The Labute approximate surface area is 200 Å². The van der Waals surface area contributed by atoms with Gasteiger partial charge in [0.05, 0.1) is 22.9 Å². The molecule has 0 bridgehead atoms. The SMILES string of the molecule is Cn1nc(OS(=O)(=O)F)c(C(F)(F)F)c1-n1cc(-c2ccc(Cl)c(C(=O)NC3(C#N)CC3)c2)cn1. The quantitative estimate of drug-likeness (QED) is 0.380. The molecular formula is C19H13ClF4N6O4S. The molecule has 1 amide bonds. The molecule has 1 saturated carbocycles. The third-order valence-corrected chi connectivity index (χ3v) is 5.79. The smallest absolute Gasteiger partial charge is 0.335 e. The lowest BCUT2D eigenvalue weighted by molar-refractivity contribution is -0.138. The Kier molecular flexibility index (Phi) is 5.76. The van der Waals surface area contributed by atoms with Crippen LogP contribution in [0.1, 0.15) is 28.8 Å². The second-order valence-electron chi connectivity index (χ2n) is 7.62. The minimum Gasteiger partial charge on any atom is -0.335 e. The number of carbonyl (C=O) groups is 1.